The summed E-state index contributed by atoms with van der Waals surface area (Å²) >= 11 is 3.48. The van der Waals surface area contributed by atoms with Crippen molar-refractivity contribution < 1.29 is 0 Å². The van der Waals surface area contributed by atoms with Crippen molar-refractivity contribution in [2.75, 3.05) is 0 Å². The zero-order chi connectivity index (χ0) is 11.6. The first kappa shape index (κ1) is 12.1. The summed E-state index contributed by atoms with van der Waals surface area (Å²) in [4.78, 5) is 0. The molecular formula is C12H20BrN3. The Balaban J connectivity index is 2.34. The van der Waals surface area contributed by atoms with E-state index in [4.69, 9.17) is 0 Å². The molecule has 4 heteroatoms. The van der Waals surface area contributed by atoms with Crippen LogP contribution >= 0.6 is 15.9 Å². The molecule has 0 bridgehead atoms. The van der Waals surface area contributed by atoms with E-state index in [9.17, 15) is 0 Å². The van der Waals surface area contributed by atoms with Gasteiger partial charge in [-0.05, 0) is 19.8 Å². The molecule has 0 aliphatic heterocycles. The van der Waals surface area contributed by atoms with Gasteiger partial charge in [0.1, 0.15) is 11.6 Å². The highest BCUT2D eigenvalue weighted by atomic mass is 79.9. The fourth-order valence-corrected chi connectivity index (χ4v) is 3.18. The van der Waals surface area contributed by atoms with Crippen LogP contribution in [0.25, 0.3) is 0 Å². The Bertz CT molecular complexity index is 353. The molecule has 1 fully saturated rings. The molecule has 0 N–H and O–H groups in total. The zero-order valence-corrected chi connectivity index (χ0v) is 11.8. The Morgan fingerprint density at radius 2 is 1.94 bits per heavy atom. The minimum absolute atomic E-state index is 0.252. The molecule has 1 aromatic rings. The van der Waals surface area contributed by atoms with Crippen LogP contribution in [0, 0.1) is 0 Å². The minimum Gasteiger partial charge on any atom is -0.314 e. The van der Waals surface area contributed by atoms with Gasteiger partial charge >= 0.3 is 0 Å². The first-order valence-electron chi connectivity index (χ1n) is 6.20. The van der Waals surface area contributed by atoms with Gasteiger partial charge in [-0.15, -0.1) is 10.2 Å². The summed E-state index contributed by atoms with van der Waals surface area (Å²) in [5.41, 5.74) is 0.252. The third-order valence-corrected chi connectivity index (χ3v) is 4.26. The summed E-state index contributed by atoms with van der Waals surface area (Å²) in [5.74, 6) is 2.26. The lowest BCUT2D eigenvalue weighted by Gasteiger charge is -2.32. The maximum Gasteiger partial charge on any atom is 0.143 e. The molecule has 1 saturated carbocycles. The van der Waals surface area contributed by atoms with E-state index in [0.717, 1.165) is 17.7 Å². The summed E-state index contributed by atoms with van der Waals surface area (Å²) in [5, 5.41) is 9.52. The minimum atomic E-state index is 0.252. The van der Waals surface area contributed by atoms with Crippen molar-refractivity contribution in [1.82, 2.24) is 14.8 Å². The van der Waals surface area contributed by atoms with Gasteiger partial charge in [-0.25, -0.2) is 0 Å². The number of hydrogen-bond acceptors (Lipinski definition) is 2. The quantitative estimate of drug-likeness (QED) is 0.797. The summed E-state index contributed by atoms with van der Waals surface area (Å²) in [7, 11) is 0. The molecule has 1 aliphatic rings. The average molecular weight is 286 g/mol. The first-order chi connectivity index (χ1) is 7.71. The zero-order valence-electron chi connectivity index (χ0n) is 10.2. The smallest absolute Gasteiger partial charge is 0.143 e. The molecule has 0 amide bonds. The topological polar surface area (TPSA) is 30.7 Å². The van der Waals surface area contributed by atoms with Crippen LogP contribution in [0.15, 0.2) is 0 Å². The molecular weight excluding hydrogens is 266 g/mol. The summed E-state index contributed by atoms with van der Waals surface area (Å²) in [6, 6.07) is 0. The predicted octanol–water partition coefficient (Wildman–Crippen LogP) is 3.41. The van der Waals surface area contributed by atoms with Gasteiger partial charge in [0.2, 0.25) is 0 Å². The summed E-state index contributed by atoms with van der Waals surface area (Å²) in [6.07, 6.45) is 6.55. The molecule has 0 spiro atoms. The largest absolute Gasteiger partial charge is 0.314 e. The van der Waals surface area contributed by atoms with Gasteiger partial charge in [0.15, 0.2) is 0 Å². The maximum atomic E-state index is 4.44. The van der Waals surface area contributed by atoms with E-state index in [0.29, 0.717) is 0 Å². The molecule has 0 atom stereocenters. The predicted molar refractivity (Wildman–Crippen MR) is 68.8 cm³/mol. The van der Waals surface area contributed by atoms with Gasteiger partial charge in [-0.3, -0.25) is 0 Å². The number of aromatic nitrogens is 3. The van der Waals surface area contributed by atoms with Crippen molar-refractivity contribution >= 4 is 15.9 Å². The average Bonchev–Trinajstić information content (AvgIpc) is 2.73. The number of halogens is 1. The molecule has 3 nitrogen and oxygen atoms in total. The van der Waals surface area contributed by atoms with E-state index in [2.05, 4.69) is 44.5 Å². The Labute approximate surface area is 106 Å². The normalized spacial score (nSPS) is 19.9. The van der Waals surface area contributed by atoms with E-state index >= 15 is 0 Å². The lowest BCUT2D eigenvalue weighted by atomic mass is 9.75. The van der Waals surface area contributed by atoms with Crippen LogP contribution in [0.3, 0.4) is 0 Å². The fourth-order valence-electron chi connectivity index (χ4n) is 2.77. The standard InChI is InChI=1S/C12H20BrN3/c1-3-16-10(9-13)14-15-11(16)12(2)7-5-4-6-8-12/h3-9H2,1-2H3. The van der Waals surface area contributed by atoms with Crippen molar-refractivity contribution in [2.45, 2.75) is 63.2 Å². The maximum absolute atomic E-state index is 4.44. The molecule has 0 radical (unpaired) electrons. The lowest BCUT2D eigenvalue weighted by molar-refractivity contribution is 0.294. The molecule has 0 aromatic carbocycles. The number of alkyl halides is 1. The van der Waals surface area contributed by atoms with Crippen LogP contribution in [0.5, 0.6) is 0 Å². The van der Waals surface area contributed by atoms with Crippen LogP contribution in [-0.4, -0.2) is 14.8 Å². The van der Waals surface area contributed by atoms with Crippen LogP contribution in [0.1, 0.15) is 57.6 Å². The van der Waals surface area contributed by atoms with Crippen molar-refractivity contribution in [3.05, 3.63) is 11.6 Å². The van der Waals surface area contributed by atoms with Crippen LogP contribution < -0.4 is 0 Å². The summed E-state index contributed by atoms with van der Waals surface area (Å²) in [6.45, 7) is 5.49. The fraction of sp³-hybridized carbons (Fsp3) is 0.833. The second-order valence-corrected chi connectivity index (χ2v) is 5.50. The molecule has 2 rings (SSSR count). The highest BCUT2D eigenvalue weighted by Crippen LogP contribution is 2.38. The van der Waals surface area contributed by atoms with E-state index in [1.54, 1.807) is 0 Å². The van der Waals surface area contributed by atoms with Gasteiger partial charge in [-0.1, -0.05) is 42.1 Å². The third kappa shape index (κ3) is 2.04. The van der Waals surface area contributed by atoms with Crippen molar-refractivity contribution in [2.24, 2.45) is 0 Å². The van der Waals surface area contributed by atoms with Gasteiger partial charge in [0.05, 0.1) is 5.33 Å². The van der Waals surface area contributed by atoms with Crippen LogP contribution in [0.4, 0.5) is 0 Å². The number of nitrogens with zero attached hydrogens (tertiary/aromatic N) is 3. The third-order valence-electron chi connectivity index (χ3n) is 3.76. The van der Waals surface area contributed by atoms with Gasteiger partial charge in [0, 0.05) is 12.0 Å². The Kier molecular flexibility index (Phi) is 3.67. The van der Waals surface area contributed by atoms with E-state index in [1.807, 2.05) is 0 Å². The lowest BCUT2D eigenvalue weighted by Crippen LogP contribution is -2.29. The molecule has 90 valence electrons. The van der Waals surface area contributed by atoms with E-state index in [-0.39, 0.29) is 5.41 Å². The van der Waals surface area contributed by atoms with E-state index in [1.165, 1.54) is 37.9 Å². The molecule has 1 aliphatic carbocycles. The second-order valence-electron chi connectivity index (χ2n) is 4.94. The van der Waals surface area contributed by atoms with Crippen LogP contribution in [0.2, 0.25) is 0 Å². The Morgan fingerprint density at radius 3 is 2.50 bits per heavy atom. The first-order valence-corrected chi connectivity index (χ1v) is 7.32. The van der Waals surface area contributed by atoms with Gasteiger partial charge in [0.25, 0.3) is 0 Å². The monoisotopic (exact) mass is 285 g/mol. The number of hydrogen-bond donors (Lipinski definition) is 0. The molecule has 0 unspecified atom stereocenters. The highest BCUT2D eigenvalue weighted by Gasteiger charge is 2.34. The van der Waals surface area contributed by atoms with Crippen LogP contribution in [-0.2, 0) is 17.3 Å². The molecule has 0 saturated heterocycles. The highest BCUT2D eigenvalue weighted by molar-refractivity contribution is 9.08. The van der Waals surface area contributed by atoms with Crippen molar-refractivity contribution in [1.29, 1.82) is 0 Å². The van der Waals surface area contributed by atoms with Gasteiger partial charge in [-0.2, -0.15) is 0 Å². The molecule has 1 aromatic heterocycles. The van der Waals surface area contributed by atoms with Crippen molar-refractivity contribution in [3.8, 4) is 0 Å². The SMILES string of the molecule is CCn1c(CBr)nnc1C1(C)CCCCC1. The Morgan fingerprint density at radius 1 is 1.25 bits per heavy atom. The molecule has 1 heterocycles. The second kappa shape index (κ2) is 4.86. The summed E-state index contributed by atoms with van der Waals surface area (Å²) < 4.78 is 2.28. The van der Waals surface area contributed by atoms with E-state index < -0.39 is 0 Å². The van der Waals surface area contributed by atoms with Crippen molar-refractivity contribution in [3.63, 3.8) is 0 Å². The number of rotatable bonds is 3. The molecule has 16 heavy (non-hydrogen) atoms. The van der Waals surface area contributed by atoms with Gasteiger partial charge < -0.3 is 4.57 Å². The Hall–Kier alpha value is -0.380.